The number of aromatic nitrogens is 2. The maximum atomic E-state index is 10.9. The van der Waals surface area contributed by atoms with E-state index in [4.69, 9.17) is 12.5 Å². The molecular weight excluding hydrogens is 767 g/mol. The van der Waals surface area contributed by atoms with Gasteiger partial charge in [0.25, 0.3) is 0 Å². The molecule has 1 heterocycles. The molecule has 0 fully saturated rings. The zero-order valence-corrected chi connectivity index (χ0v) is 39.1. The van der Waals surface area contributed by atoms with Crippen molar-refractivity contribution in [1.82, 2.24) is 9.55 Å². The van der Waals surface area contributed by atoms with Crippen LogP contribution in [0.15, 0.2) is 138 Å². The second-order valence-corrected chi connectivity index (χ2v) is 18.8. The number of fused-ring (bicyclic) bond motifs is 5. The van der Waals surface area contributed by atoms with Crippen molar-refractivity contribution < 1.29 is 10.2 Å². The fraction of sp³-hybridized carbons (Fsp3) is 0.0612. The predicted molar refractivity (Wildman–Crippen MR) is 304 cm³/mol. The van der Waals surface area contributed by atoms with E-state index >= 15 is 0 Å². The van der Waals surface area contributed by atoms with Crippen LogP contribution in [0.1, 0.15) is 12.7 Å². The first-order chi connectivity index (χ1) is 30.4. The molecule has 9 aromatic rings. The van der Waals surface area contributed by atoms with Crippen molar-refractivity contribution in [3.8, 4) is 39.1 Å². The molecule has 4 nitrogen and oxygen atoms in total. The Balaban J connectivity index is 1.28. The molecule has 0 spiro atoms. The number of benzene rings is 8. The van der Waals surface area contributed by atoms with E-state index in [1.165, 1.54) is 100 Å². The molecule has 0 bridgehead atoms. The van der Waals surface area contributed by atoms with Crippen LogP contribution in [0.3, 0.4) is 0 Å². The fourth-order valence-corrected chi connectivity index (χ4v) is 9.86. The van der Waals surface area contributed by atoms with Gasteiger partial charge in [0.2, 0.25) is 0 Å². The molecule has 8 aromatic carbocycles. The van der Waals surface area contributed by atoms with Crippen LogP contribution < -0.4 is 27.1 Å². The summed E-state index contributed by atoms with van der Waals surface area (Å²) in [5.74, 6) is 0.581. The van der Waals surface area contributed by atoms with Crippen LogP contribution in [0, 0.1) is 5.11 Å². The Morgan fingerprint density at radius 2 is 1.12 bits per heavy atom. The molecule has 1 aromatic heterocycles. The number of rotatable bonds is 7. The SMILES string of the molecule is B=c1c(-c2cc3ccccc3c3ccccc23)c2c(B)c(B)c(B)c(B)c2c(-c2ccc(-c3ccc(-n4c(C(B)(B)C(B)(O)O)nc5ccccc54)cc3)cc2)/c1=C(B)/C(B)=C(/B)C. The molecule has 15 heteroatoms. The topological polar surface area (TPSA) is 58.3 Å². The minimum atomic E-state index is -1.99. The second kappa shape index (κ2) is 16.0. The third kappa shape index (κ3) is 6.86. The van der Waals surface area contributed by atoms with E-state index < -0.39 is 10.9 Å². The summed E-state index contributed by atoms with van der Waals surface area (Å²) in [4.78, 5) is 4.92. The molecule has 64 heavy (non-hydrogen) atoms. The molecule has 0 aliphatic heterocycles. The Kier molecular flexibility index (Phi) is 10.9. The van der Waals surface area contributed by atoms with E-state index in [2.05, 4.69) is 165 Å². The van der Waals surface area contributed by atoms with E-state index in [-0.39, 0.29) is 0 Å². The predicted octanol–water partition coefficient (Wildman–Crippen LogP) is -3.40. The standard InChI is InChI=1S/C49H47B11N2O2/c1-23(50)40(51)44(55)39-35(26-16-14-24(15-17-26)25-18-20-28(21-19-25)62-34-13-7-6-12-33(34)61-47(62)48(58,59)49(60,63)64)37-38(43(54)46(57)45(56)42(37)53)36(41(39)52)32-22-27-8-2-3-9-29(27)30-10-4-5-11-31(30)32/h2-22,52,63-64H,50-51,53-60H2,1H3/b40-23-,44-39+. The third-order valence-corrected chi connectivity index (χ3v) is 14.7. The van der Waals surface area contributed by atoms with Crippen molar-refractivity contribution in [2.24, 2.45) is 0 Å². The summed E-state index contributed by atoms with van der Waals surface area (Å²) >= 11 is 0. The average molecular weight is 815 g/mol. The first-order valence-corrected chi connectivity index (χ1v) is 22.4. The number of hydrogen-bond donors (Lipinski definition) is 2. The summed E-state index contributed by atoms with van der Waals surface area (Å²) < 4.78 is 2.04. The summed E-state index contributed by atoms with van der Waals surface area (Å²) in [7, 11) is 26.0. The minimum absolute atomic E-state index is 0.581. The Morgan fingerprint density at radius 3 is 1.73 bits per heavy atom. The molecule has 0 radical (unpaired) electrons. The Hall–Kier alpha value is -5.75. The summed E-state index contributed by atoms with van der Waals surface area (Å²) in [5, 5.41) is 30.4. The van der Waals surface area contributed by atoms with Gasteiger partial charge in [-0.3, -0.25) is 0 Å². The molecule has 0 atom stereocenters. The zero-order chi connectivity index (χ0) is 45.6. The van der Waals surface area contributed by atoms with Crippen molar-refractivity contribution in [1.29, 1.82) is 0 Å². The van der Waals surface area contributed by atoms with E-state index in [9.17, 15) is 10.2 Å². The van der Waals surface area contributed by atoms with E-state index in [0.29, 0.717) is 5.82 Å². The van der Waals surface area contributed by atoms with Gasteiger partial charge >= 0.3 is 297 Å². The van der Waals surface area contributed by atoms with Crippen LogP contribution in [-0.4, -0.2) is 111 Å². The number of nitrogens with zero attached hydrogens (tertiary/aromatic N) is 2. The normalized spacial score (nSPS) is 13.2. The summed E-state index contributed by atoms with van der Waals surface area (Å²) in [5.41, 5.74) is 16.6. The second-order valence-electron chi connectivity index (χ2n) is 18.8. The van der Waals surface area contributed by atoms with Gasteiger partial charge in [0.05, 0.1) is 11.0 Å². The first-order valence-electron chi connectivity index (χ1n) is 22.4. The van der Waals surface area contributed by atoms with Crippen LogP contribution >= 0.6 is 0 Å². The van der Waals surface area contributed by atoms with Crippen LogP contribution in [-0.2, 0) is 5.21 Å². The van der Waals surface area contributed by atoms with Crippen molar-refractivity contribution >= 4 is 157 Å². The first kappa shape index (κ1) is 43.5. The van der Waals surface area contributed by atoms with Crippen molar-refractivity contribution in [2.75, 3.05) is 0 Å². The molecule has 0 aliphatic carbocycles. The average Bonchev–Trinajstić information content (AvgIpc) is 3.69. The summed E-state index contributed by atoms with van der Waals surface area (Å²) in [6, 6.07) is 45.4. The molecule has 298 valence electrons. The van der Waals surface area contributed by atoms with Gasteiger partial charge in [-0.25, -0.2) is 4.98 Å². The van der Waals surface area contributed by atoms with Gasteiger partial charge in [0.15, 0.2) is 7.85 Å². The number of para-hydroxylation sites is 2. The van der Waals surface area contributed by atoms with Gasteiger partial charge < -0.3 is 10.2 Å². The van der Waals surface area contributed by atoms with Gasteiger partial charge in [0.1, 0.15) is 27.2 Å². The fourth-order valence-electron chi connectivity index (χ4n) is 9.86. The van der Waals surface area contributed by atoms with Crippen molar-refractivity contribution in [2.45, 2.75) is 17.8 Å². The molecule has 9 rings (SSSR count). The van der Waals surface area contributed by atoms with Gasteiger partial charge in [0, 0.05) is 5.21 Å². The van der Waals surface area contributed by atoms with Gasteiger partial charge in [-0.15, -0.1) is 0 Å². The van der Waals surface area contributed by atoms with Crippen LogP contribution in [0.2, 0.25) is 0 Å². The van der Waals surface area contributed by atoms with Crippen LogP contribution in [0.25, 0.3) is 87.9 Å². The quantitative estimate of drug-likeness (QED) is 0.100. The Morgan fingerprint density at radius 1 is 0.609 bits per heavy atom. The molecule has 0 aliphatic rings. The number of allylic oxidation sites excluding steroid dienone is 2. The monoisotopic (exact) mass is 816 g/mol. The molecular formula is C49H47B11N2O2. The molecule has 2 N–H and O–H groups in total. The van der Waals surface area contributed by atoms with Crippen molar-refractivity contribution in [3.05, 3.63) is 154 Å². The van der Waals surface area contributed by atoms with Gasteiger partial charge in [-0.05, 0) is 12.1 Å². The van der Waals surface area contributed by atoms with E-state index in [1.54, 1.807) is 0 Å². The zero-order valence-electron chi connectivity index (χ0n) is 39.1. The van der Waals surface area contributed by atoms with Crippen LogP contribution in [0.4, 0.5) is 0 Å². The van der Waals surface area contributed by atoms with E-state index in [1.807, 2.05) is 44.5 Å². The van der Waals surface area contributed by atoms with Crippen LogP contribution in [0.5, 0.6) is 0 Å². The summed E-state index contributed by atoms with van der Waals surface area (Å²) in [6.07, 6.45) is 0. The number of imidazole rings is 1. The Labute approximate surface area is 385 Å². The maximum absolute atomic E-state index is 10.9. The molecule has 0 saturated carbocycles. The molecule has 0 saturated heterocycles. The molecule has 0 unspecified atom stereocenters. The molecule has 0 amide bonds. The van der Waals surface area contributed by atoms with Gasteiger partial charge in [-0.1, -0.05) is 12.1 Å². The van der Waals surface area contributed by atoms with Crippen molar-refractivity contribution in [3.63, 3.8) is 0 Å². The number of aliphatic hydroxyl groups is 2. The van der Waals surface area contributed by atoms with Gasteiger partial charge in [-0.2, -0.15) is 0 Å². The van der Waals surface area contributed by atoms with E-state index in [0.717, 1.165) is 38.5 Å². The number of hydrogen-bond acceptors (Lipinski definition) is 3. The Bertz CT molecular complexity index is 3560. The third-order valence-electron chi connectivity index (χ3n) is 14.7. The summed E-state index contributed by atoms with van der Waals surface area (Å²) in [6.45, 7) is 2.20.